The van der Waals surface area contributed by atoms with Gasteiger partial charge in [0.05, 0.1) is 29.8 Å². The summed E-state index contributed by atoms with van der Waals surface area (Å²) >= 11 is 0. The number of nitrogens with one attached hydrogen (secondary N) is 2. The molecule has 1 saturated heterocycles. The summed E-state index contributed by atoms with van der Waals surface area (Å²) in [5, 5.41) is 5.77. The summed E-state index contributed by atoms with van der Waals surface area (Å²) in [6, 6.07) is 2.13. The molecule has 4 rings (SSSR count). The smallest absolute Gasteiger partial charge is 0.271 e. The summed E-state index contributed by atoms with van der Waals surface area (Å²) in [7, 11) is 0. The van der Waals surface area contributed by atoms with E-state index in [9.17, 15) is 9.59 Å². The summed E-state index contributed by atoms with van der Waals surface area (Å²) in [4.78, 5) is 36.4. The molecule has 2 aliphatic rings. The van der Waals surface area contributed by atoms with Gasteiger partial charge in [0.15, 0.2) is 0 Å². The van der Waals surface area contributed by atoms with Gasteiger partial charge < -0.3 is 16.4 Å². The Morgan fingerprint density at radius 3 is 2.70 bits per heavy atom. The third kappa shape index (κ3) is 6.32. The Balaban J connectivity index is 1.44. The van der Waals surface area contributed by atoms with Crippen LogP contribution in [0.4, 0.5) is 11.4 Å². The van der Waals surface area contributed by atoms with Crippen LogP contribution in [0.2, 0.25) is 0 Å². The topological polar surface area (TPSA) is 113 Å². The molecule has 1 atom stereocenters. The Bertz CT molecular complexity index is 1290. The van der Waals surface area contributed by atoms with Crippen molar-refractivity contribution in [3.05, 3.63) is 76.5 Å². The first-order chi connectivity index (χ1) is 17.7. The molecule has 1 aliphatic heterocycles. The first-order valence-electron chi connectivity index (χ1n) is 12.8. The van der Waals surface area contributed by atoms with Crippen molar-refractivity contribution in [2.24, 2.45) is 5.73 Å². The van der Waals surface area contributed by atoms with Gasteiger partial charge in [-0.3, -0.25) is 24.5 Å². The molecule has 0 spiro atoms. The van der Waals surface area contributed by atoms with Crippen LogP contribution in [0.3, 0.4) is 0 Å². The number of anilines is 2. The number of aryl methyl sites for hydroxylation is 2. The van der Waals surface area contributed by atoms with Gasteiger partial charge in [-0.05, 0) is 88.3 Å². The number of aromatic nitrogens is 2. The van der Waals surface area contributed by atoms with E-state index >= 15 is 0 Å². The molecule has 4 N–H and O–H groups in total. The van der Waals surface area contributed by atoms with Crippen molar-refractivity contribution in [3.63, 3.8) is 0 Å². The molecular weight excluding hydrogens is 464 g/mol. The van der Waals surface area contributed by atoms with E-state index in [1.807, 2.05) is 31.5 Å². The number of hydrogen-bond donors (Lipinski definition) is 3. The van der Waals surface area contributed by atoms with Crippen LogP contribution in [0.25, 0.3) is 5.57 Å². The molecule has 0 radical (unpaired) electrons. The highest BCUT2D eigenvalue weighted by Crippen LogP contribution is 2.27. The normalized spacial score (nSPS) is 19.2. The highest BCUT2D eigenvalue weighted by Gasteiger charge is 2.22. The summed E-state index contributed by atoms with van der Waals surface area (Å²) in [5.74, 6) is -0.486. The molecule has 3 heterocycles. The molecule has 8 nitrogen and oxygen atoms in total. The zero-order valence-corrected chi connectivity index (χ0v) is 22.1. The number of likely N-dealkylation sites (tertiary alicyclic amines) is 1. The van der Waals surface area contributed by atoms with Crippen LogP contribution in [0.1, 0.15) is 55.0 Å². The Kier molecular flexibility index (Phi) is 8.18. The fourth-order valence-corrected chi connectivity index (χ4v) is 4.75. The van der Waals surface area contributed by atoms with Gasteiger partial charge >= 0.3 is 0 Å². The third-order valence-electron chi connectivity index (χ3n) is 7.27. The van der Waals surface area contributed by atoms with Gasteiger partial charge in [0.25, 0.3) is 5.91 Å². The van der Waals surface area contributed by atoms with Crippen LogP contribution in [0, 0.1) is 20.8 Å². The maximum Gasteiger partial charge on any atom is 0.271 e. The first kappa shape index (κ1) is 26.3. The monoisotopic (exact) mass is 500 g/mol. The number of nitrogens with two attached hydrogens (primary N) is 1. The molecule has 1 fully saturated rings. The zero-order chi connectivity index (χ0) is 26.5. The van der Waals surface area contributed by atoms with Crippen LogP contribution in [-0.2, 0) is 9.59 Å². The fourth-order valence-electron chi connectivity index (χ4n) is 4.75. The number of allylic oxidation sites excluding steroid dienone is 5. The maximum absolute atomic E-state index is 13.0. The molecule has 0 aromatic carbocycles. The molecule has 0 saturated carbocycles. The van der Waals surface area contributed by atoms with E-state index in [1.165, 1.54) is 5.56 Å². The van der Waals surface area contributed by atoms with E-state index in [0.717, 1.165) is 48.1 Å². The van der Waals surface area contributed by atoms with Crippen LogP contribution in [-0.4, -0.2) is 45.8 Å². The molecule has 8 heteroatoms. The van der Waals surface area contributed by atoms with Crippen molar-refractivity contribution in [2.75, 3.05) is 23.7 Å². The molecule has 0 unspecified atom stereocenters. The van der Waals surface area contributed by atoms with Crippen molar-refractivity contribution < 1.29 is 9.59 Å². The molecule has 37 heavy (non-hydrogen) atoms. The van der Waals surface area contributed by atoms with Gasteiger partial charge in [0.2, 0.25) is 5.91 Å². The quantitative estimate of drug-likeness (QED) is 0.507. The average Bonchev–Trinajstić information content (AvgIpc) is 3.11. The van der Waals surface area contributed by atoms with Crippen LogP contribution in [0.5, 0.6) is 0 Å². The Morgan fingerprint density at radius 1 is 1.14 bits per heavy atom. The molecule has 0 bridgehead atoms. The summed E-state index contributed by atoms with van der Waals surface area (Å²) in [6.07, 6.45) is 15.0. The highest BCUT2D eigenvalue weighted by molar-refractivity contribution is 6.04. The van der Waals surface area contributed by atoms with Crippen molar-refractivity contribution in [2.45, 2.75) is 59.4 Å². The summed E-state index contributed by atoms with van der Waals surface area (Å²) < 4.78 is 0. The number of pyridine rings is 2. The molecule has 2 aromatic rings. The van der Waals surface area contributed by atoms with Crippen molar-refractivity contribution in [1.29, 1.82) is 0 Å². The maximum atomic E-state index is 13.0. The van der Waals surface area contributed by atoms with Gasteiger partial charge in [-0.15, -0.1) is 0 Å². The minimum absolute atomic E-state index is 0.0933. The second-order valence-corrected chi connectivity index (χ2v) is 9.92. The zero-order valence-electron chi connectivity index (χ0n) is 22.1. The number of hydrogen-bond acceptors (Lipinski definition) is 6. The minimum Gasteiger partial charge on any atom is -0.394 e. The van der Waals surface area contributed by atoms with E-state index < -0.39 is 5.91 Å². The Labute approximate surface area is 218 Å². The van der Waals surface area contributed by atoms with Crippen LogP contribution >= 0.6 is 0 Å². The van der Waals surface area contributed by atoms with Gasteiger partial charge in [0, 0.05) is 24.0 Å². The molecular formula is C29H36N6O2. The van der Waals surface area contributed by atoms with E-state index in [2.05, 4.69) is 45.4 Å². The van der Waals surface area contributed by atoms with Gasteiger partial charge in [-0.2, -0.15) is 0 Å². The fraction of sp³-hybridized carbons (Fsp3) is 0.379. The van der Waals surface area contributed by atoms with Crippen LogP contribution in [0.15, 0.2) is 54.2 Å². The standard InChI is InChI=1S/C29H36N6O2/c1-18-14-31-16-25(20(18)3)22-8-5-9-23(11-10-22)28(30)29(37)34-26-13-24(15-32-21(26)4)33-27(36)17-35-12-6-7-19(35)2/h8,10-11,13-16,19H,5-7,9,12,17,30H2,1-4H3,(H,33,36)(H,34,37)/b28-23+/t19-/m0/s1. The third-order valence-corrected chi connectivity index (χ3v) is 7.27. The SMILES string of the molecule is Cc1cncc(C2=CCC/C(=C(\N)C(=O)Nc3cc(NC(=O)CN4CCC[C@@H]4C)cnc3C)C=C2)c1C. The number of rotatable bonds is 6. The van der Waals surface area contributed by atoms with Gasteiger partial charge in [-0.25, -0.2) is 0 Å². The highest BCUT2D eigenvalue weighted by atomic mass is 16.2. The largest absolute Gasteiger partial charge is 0.394 e. The number of amides is 2. The molecule has 194 valence electrons. The lowest BCUT2D eigenvalue weighted by molar-refractivity contribution is -0.117. The Morgan fingerprint density at radius 2 is 1.95 bits per heavy atom. The second-order valence-electron chi connectivity index (χ2n) is 9.92. The first-order valence-corrected chi connectivity index (χ1v) is 12.8. The van der Waals surface area contributed by atoms with Crippen molar-refractivity contribution in [1.82, 2.24) is 14.9 Å². The predicted molar refractivity (Wildman–Crippen MR) is 148 cm³/mol. The van der Waals surface area contributed by atoms with E-state index in [0.29, 0.717) is 36.1 Å². The number of nitrogens with zero attached hydrogens (tertiary/aromatic N) is 3. The number of carbonyl (C=O) groups is 2. The van der Waals surface area contributed by atoms with Crippen LogP contribution < -0.4 is 16.4 Å². The summed E-state index contributed by atoms with van der Waals surface area (Å²) in [5.41, 5.74) is 13.4. The summed E-state index contributed by atoms with van der Waals surface area (Å²) in [6.45, 7) is 9.35. The van der Waals surface area contributed by atoms with E-state index in [4.69, 9.17) is 5.73 Å². The number of carbonyl (C=O) groups excluding carboxylic acids is 2. The predicted octanol–water partition coefficient (Wildman–Crippen LogP) is 4.41. The minimum atomic E-state index is -0.393. The van der Waals surface area contributed by atoms with Gasteiger partial charge in [-0.1, -0.05) is 18.2 Å². The molecule has 2 amide bonds. The van der Waals surface area contributed by atoms with Gasteiger partial charge in [0.1, 0.15) is 5.70 Å². The lowest BCUT2D eigenvalue weighted by atomic mass is 9.99. The Hall–Kier alpha value is -3.78. The average molecular weight is 501 g/mol. The van der Waals surface area contributed by atoms with E-state index in [1.54, 1.807) is 19.2 Å². The lowest BCUT2D eigenvalue weighted by Gasteiger charge is -2.20. The molecule has 2 aromatic heterocycles. The van der Waals surface area contributed by atoms with E-state index in [-0.39, 0.29) is 11.6 Å². The lowest BCUT2D eigenvalue weighted by Crippen LogP contribution is -2.35. The van der Waals surface area contributed by atoms with Crippen molar-refractivity contribution >= 4 is 28.8 Å². The second kappa shape index (κ2) is 11.5. The molecule has 1 aliphatic carbocycles. The van der Waals surface area contributed by atoms with Crippen molar-refractivity contribution in [3.8, 4) is 0 Å².